The Morgan fingerprint density at radius 3 is 2.33 bits per heavy atom. The standard InChI is InChI=1S/C31H22Br2Cl2N2O5/c32-14-36-28(41)30(34)13-22-19(11-12-20-23(22)27(40)37(26(20)39)17-8-6-16(33)7-9-17)24(31(30,35)29(36)42)21-10-5-15-3-1-2-4-18(15)25(21)38/h1-11,20,22-24,38H,12-14H2. The second kappa shape index (κ2) is 9.64. The molecule has 6 unspecified atom stereocenters. The molecule has 3 fully saturated rings. The second-order valence-corrected chi connectivity index (χ2v) is 13.9. The summed E-state index contributed by atoms with van der Waals surface area (Å²) in [6.07, 6.45) is 1.99. The molecule has 7 rings (SSSR count). The largest absolute Gasteiger partial charge is 0.507 e. The number of fused-ring (bicyclic) bond motifs is 5. The SMILES string of the molecule is O=C1C2CC=C3C(CC4(Cl)C(=O)N(CBr)C(=O)C4(Cl)C3c3ccc4ccccc4c3O)C2C(=O)N1c1ccc(Br)cc1. The number of phenols is 1. The number of nitrogens with zero attached hydrogens (tertiary/aromatic N) is 2. The van der Waals surface area contributed by atoms with Gasteiger partial charge < -0.3 is 5.11 Å². The van der Waals surface area contributed by atoms with Crippen molar-refractivity contribution >= 4 is 95.2 Å². The highest BCUT2D eigenvalue weighted by Crippen LogP contribution is 2.66. The number of anilines is 1. The van der Waals surface area contributed by atoms with Crippen LogP contribution >= 0.6 is 55.1 Å². The number of halogens is 4. The lowest BCUT2D eigenvalue weighted by Crippen LogP contribution is -2.60. The number of carbonyl (C=O) groups is 4. The number of allylic oxidation sites excluding steroid dienone is 2. The number of amides is 4. The van der Waals surface area contributed by atoms with Crippen LogP contribution in [0.15, 0.2) is 76.8 Å². The van der Waals surface area contributed by atoms with Crippen LogP contribution < -0.4 is 4.90 Å². The zero-order chi connectivity index (χ0) is 29.7. The number of imide groups is 2. The molecule has 3 aromatic rings. The van der Waals surface area contributed by atoms with Crippen LogP contribution in [0.25, 0.3) is 10.8 Å². The summed E-state index contributed by atoms with van der Waals surface area (Å²) in [4.78, 5) is 53.8. The third-order valence-corrected chi connectivity index (χ3v) is 11.8. The third-order valence-electron chi connectivity index (χ3n) is 9.34. The van der Waals surface area contributed by atoms with E-state index < -0.39 is 45.2 Å². The van der Waals surface area contributed by atoms with Gasteiger partial charge in [0, 0.05) is 21.3 Å². The maximum Gasteiger partial charge on any atom is 0.254 e. The minimum Gasteiger partial charge on any atom is -0.507 e. The summed E-state index contributed by atoms with van der Waals surface area (Å²) >= 11 is 21.2. The number of rotatable bonds is 3. The number of likely N-dealkylation sites (tertiary alicyclic amines) is 1. The van der Waals surface area contributed by atoms with Gasteiger partial charge in [0.1, 0.15) is 5.75 Å². The predicted molar refractivity (Wildman–Crippen MR) is 166 cm³/mol. The van der Waals surface area contributed by atoms with Gasteiger partial charge in [0.25, 0.3) is 11.8 Å². The van der Waals surface area contributed by atoms with Gasteiger partial charge in [-0.3, -0.25) is 29.0 Å². The highest BCUT2D eigenvalue weighted by atomic mass is 79.9. The van der Waals surface area contributed by atoms with Crippen molar-refractivity contribution in [2.75, 3.05) is 10.4 Å². The number of phenolic OH excluding ortho intramolecular Hbond substituents is 1. The first-order valence-corrected chi connectivity index (χ1v) is 16.1. The number of aromatic hydroxyl groups is 1. The summed E-state index contributed by atoms with van der Waals surface area (Å²) < 4.78 is 0.806. The van der Waals surface area contributed by atoms with Crippen LogP contribution in [0.4, 0.5) is 5.69 Å². The van der Waals surface area contributed by atoms with E-state index in [1.807, 2.05) is 24.3 Å². The average molecular weight is 733 g/mol. The number of benzene rings is 3. The van der Waals surface area contributed by atoms with Gasteiger partial charge in [-0.25, -0.2) is 0 Å². The molecule has 0 aromatic heterocycles. The molecule has 7 nitrogen and oxygen atoms in total. The monoisotopic (exact) mass is 730 g/mol. The fraction of sp³-hybridized carbons (Fsp3) is 0.290. The van der Waals surface area contributed by atoms with Crippen molar-refractivity contribution in [2.45, 2.75) is 28.5 Å². The number of carbonyl (C=O) groups excluding carboxylic acids is 4. The number of alkyl halides is 3. The highest BCUT2D eigenvalue weighted by Gasteiger charge is 2.76. The first kappa shape index (κ1) is 28.1. The molecule has 1 saturated carbocycles. The van der Waals surface area contributed by atoms with Crippen LogP contribution in [0.3, 0.4) is 0 Å². The molecule has 2 saturated heterocycles. The van der Waals surface area contributed by atoms with E-state index in [1.54, 1.807) is 42.5 Å². The summed E-state index contributed by atoms with van der Waals surface area (Å²) in [5.74, 6) is -5.33. The van der Waals surface area contributed by atoms with E-state index in [0.717, 1.165) is 14.8 Å². The van der Waals surface area contributed by atoms with Gasteiger partial charge in [0.15, 0.2) is 9.75 Å². The maximum absolute atomic E-state index is 14.1. The molecular formula is C31H22Br2Cl2N2O5. The quantitative estimate of drug-likeness (QED) is 0.149. The lowest BCUT2D eigenvalue weighted by Gasteiger charge is -2.50. The fourth-order valence-corrected chi connectivity index (χ4v) is 9.13. The van der Waals surface area contributed by atoms with Crippen LogP contribution in [-0.4, -0.2) is 48.8 Å². The van der Waals surface area contributed by atoms with E-state index >= 15 is 0 Å². The van der Waals surface area contributed by atoms with Gasteiger partial charge in [-0.05, 0) is 48.4 Å². The minimum atomic E-state index is -1.98. The van der Waals surface area contributed by atoms with Crippen molar-refractivity contribution in [3.8, 4) is 5.75 Å². The van der Waals surface area contributed by atoms with Crippen LogP contribution in [0.2, 0.25) is 0 Å². The summed E-state index contributed by atoms with van der Waals surface area (Å²) in [6.45, 7) is 0. The lowest BCUT2D eigenvalue weighted by atomic mass is 9.56. The van der Waals surface area contributed by atoms with Crippen molar-refractivity contribution in [1.29, 1.82) is 0 Å². The van der Waals surface area contributed by atoms with Crippen molar-refractivity contribution in [3.05, 3.63) is 82.3 Å². The van der Waals surface area contributed by atoms with E-state index in [1.165, 1.54) is 4.90 Å². The Morgan fingerprint density at radius 1 is 0.905 bits per heavy atom. The molecule has 0 radical (unpaired) electrons. The fourth-order valence-electron chi connectivity index (χ4n) is 7.45. The zero-order valence-corrected chi connectivity index (χ0v) is 26.5. The smallest absolute Gasteiger partial charge is 0.254 e. The van der Waals surface area contributed by atoms with E-state index in [4.69, 9.17) is 23.2 Å². The van der Waals surface area contributed by atoms with Crippen molar-refractivity contribution in [2.24, 2.45) is 17.8 Å². The van der Waals surface area contributed by atoms with E-state index in [2.05, 4.69) is 31.9 Å². The average Bonchev–Trinajstić information content (AvgIpc) is 3.32. The zero-order valence-electron chi connectivity index (χ0n) is 21.8. The normalized spacial score (nSPS) is 32.2. The Hall–Kier alpha value is -2.72. The molecule has 42 heavy (non-hydrogen) atoms. The van der Waals surface area contributed by atoms with Crippen molar-refractivity contribution in [3.63, 3.8) is 0 Å². The van der Waals surface area contributed by atoms with Crippen LogP contribution in [0.5, 0.6) is 5.75 Å². The topological polar surface area (TPSA) is 95.0 Å². The molecule has 4 amide bonds. The van der Waals surface area contributed by atoms with Crippen molar-refractivity contribution in [1.82, 2.24) is 4.90 Å². The minimum absolute atomic E-state index is 0.0799. The van der Waals surface area contributed by atoms with Gasteiger partial charge >= 0.3 is 0 Å². The summed E-state index contributed by atoms with van der Waals surface area (Å²) in [7, 11) is 0. The van der Waals surface area contributed by atoms with Gasteiger partial charge in [-0.2, -0.15) is 0 Å². The number of hydrogen-bond acceptors (Lipinski definition) is 5. The predicted octanol–water partition coefficient (Wildman–Crippen LogP) is 6.22. The summed E-state index contributed by atoms with van der Waals surface area (Å²) in [6, 6.07) is 17.7. The molecule has 11 heteroatoms. The second-order valence-electron chi connectivity index (χ2n) is 11.2. The van der Waals surface area contributed by atoms with Crippen LogP contribution in [0, 0.1) is 17.8 Å². The van der Waals surface area contributed by atoms with Gasteiger partial charge in [-0.1, -0.05) is 79.9 Å². The van der Waals surface area contributed by atoms with E-state index in [0.29, 0.717) is 22.2 Å². The number of hydrogen-bond donors (Lipinski definition) is 1. The van der Waals surface area contributed by atoms with E-state index in [9.17, 15) is 24.3 Å². The molecule has 4 aliphatic rings. The molecule has 3 aromatic carbocycles. The van der Waals surface area contributed by atoms with Gasteiger partial charge in [0.2, 0.25) is 11.8 Å². The third kappa shape index (κ3) is 3.51. The molecule has 2 aliphatic carbocycles. The Morgan fingerprint density at radius 2 is 1.62 bits per heavy atom. The van der Waals surface area contributed by atoms with Crippen molar-refractivity contribution < 1.29 is 24.3 Å². The molecular weight excluding hydrogens is 711 g/mol. The van der Waals surface area contributed by atoms with Crippen LogP contribution in [0.1, 0.15) is 24.3 Å². The summed E-state index contributed by atoms with van der Waals surface area (Å²) in [5, 5.41) is 12.9. The Bertz CT molecular complexity index is 1760. The van der Waals surface area contributed by atoms with E-state index in [-0.39, 0.29) is 35.9 Å². The first-order chi connectivity index (χ1) is 20.0. The molecule has 1 N–H and O–H groups in total. The Balaban J connectivity index is 1.43. The van der Waals surface area contributed by atoms with Crippen LogP contribution in [-0.2, 0) is 19.2 Å². The Labute approximate surface area is 267 Å². The first-order valence-electron chi connectivity index (χ1n) is 13.4. The highest BCUT2D eigenvalue weighted by molar-refractivity contribution is 9.10. The van der Waals surface area contributed by atoms with Gasteiger partial charge in [-0.15, -0.1) is 23.2 Å². The molecule has 2 aliphatic heterocycles. The van der Waals surface area contributed by atoms with Gasteiger partial charge in [0.05, 0.1) is 23.0 Å². The molecule has 214 valence electrons. The lowest BCUT2D eigenvalue weighted by molar-refractivity contribution is -0.138. The maximum atomic E-state index is 14.1. The molecule has 2 heterocycles. The summed E-state index contributed by atoms with van der Waals surface area (Å²) in [5.41, 5.74) is 1.30. The Kier molecular flexibility index (Phi) is 6.45. The molecule has 0 spiro atoms. The molecule has 6 atom stereocenters. The molecule has 0 bridgehead atoms.